The summed E-state index contributed by atoms with van der Waals surface area (Å²) in [6.45, 7) is 2.23. The van der Waals surface area contributed by atoms with E-state index < -0.39 is 10.2 Å². The Kier molecular flexibility index (Phi) is 2.19. The fourth-order valence-electron chi connectivity index (χ4n) is 1.48. The van der Waals surface area contributed by atoms with E-state index in [1.54, 1.807) is 19.1 Å². The predicted molar refractivity (Wildman–Crippen MR) is 59.7 cm³/mol. The zero-order chi connectivity index (χ0) is 10.3. The monoisotopic (exact) mass is 276 g/mol. The standard InChI is InChI=1S/C8H9BrN2O2S/c1-2-11-7-5-3-4-6(9)8(7)10-14(11,12)13/h3-5,10H,2H2,1H3. The molecule has 6 heteroatoms. The molecular formula is C8H9BrN2O2S. The van der Waals surface area contributed by atoms with Crippen LogP contribution in [0.5, 0.6) is 0 Å². The maximum absolute atomic E-state index is 11.6. The second-order valence-corrected chi connectivity index (χ2v) is 5.36. The van der Waals surface area contributed by atoms with Crippen LogP contribution in [0.1, 0.15) is 6.92 Å². The second-order valence-electron chi connectivity index (χ2n) is 2.91. The van der Waals surface area contributed by atoms with E-state index in [4.69, 9.17) is 0 Å². The van der Waals surface area contributed by atoms with Crippen molar-refractivity contribution in [2.75, 3.05) is 15.6 Å². The summed E-state index contributed by atoms with van der Waals surface area (Å²) in [4.78, 5) is 0. The third-order valence-electron chi connectivity index (χ3n) is 2.07. The van der Waals surface area contributed by atoms with Crippen LogP contribution in [-0.2, 0) is 10.2 Å². The van der Waals surface area contributed by atoms with Crippen LogP contribution >= 0.6 is 15.9 Å². The highest BCUT2D eigenvalue weighted by Gasteiger charge is 2.32. The molecule has 0 radical (unpaired) electrons. The van der Waals surface area contributed by atoms with Crippen LogP contribution in [0.4, 0.5) is 11.4 Å². The maximum Gasteiger partial charge on any atom is 0.324 e. The molecule has 1 aromatic rings. The summed E-state index contributed by atoms with van der Waals surface area (Å²) < 4.78 is 27.8. The van der Waals surface area contributed by atoms with Crippen LogP contribution in [0.3, 0.4) is 0 Å². The average Bonchev–Trinajstić information content (AvgIpc) is 2.37. The Labute approximate surface area is 91.2 Å². The lowest BCUT2D eigenvalue weighted by Crippen LogP contribution is -2.29. The van der Waals surface area contributed by atoms with Gasteiger partial charge in [-0.25, -0.2) is 0 Å². The smallest absolute Gasteiger partial charge is 0.263 e. The summed E-state index contributed by atoms with van der Waals surface area (Å²) in [5.41, 5.74) is 1.32. The Morgan fingerprint density at radius 1 is 1.50 bits per heavy atom. The van der Waals surface area contributed by atoms with Gasteiger partial charge in [0.1, 0.15) is 0 Å². The molecule has 0 spiro atoms. The minimum absolute atomic E-state index is 0.429. The molecule has 1 aliphatic rings. The molecule has 0 saturated heterocycles. The van der Waals surface area contributed by atoms with Gasteiger partial charge in [0.25, 0.3) is 0 Å². The van der Waals surface area contributed by atoms with Gasteiger partial charge >= 0.3 is 10.2 Å². The molecule has 0 aromatic heterocycles. The molecule has 1 aliphatic heterocycles. The van der Waals surface area contributed by atoms with E-state index in [0.717, 1.165) is 4.47 Å². The largest absolute Gasteiger partial charge is 0.324 e. The van der Waals surface area contributed by atoms with Gasteiger partial charge in [0.05, 0.1) is 11.4 Å². The number of rotatable bonds is 1. The van der Waals surface area contributed by atoms with Crippen molar-refractivity contribution in [2.45, 2.75) is 6.92 Å². The van der Waals surface area contributed by atoms with Crippen LogP contribution < -0.4 is 9.03 Å². The zero-order valence-corrected chi connectivity index (χ0v) is 9.89. The molecule has 4 nitrogen and oxygen atoms in total. The highest BCUT2D eigenvalue weighted by molar-refractivity contribution is 9.10. The molecule has 1 aromatic carbocycles. The summed E-state index contributed by atoms with van der Waals surface area (Å²) in [6, 6.07) is 5.40. The first-order valence-corrected chi connectivity index (χ1v) is 6.38. The number of benzene rings is 1. The van der Waals surface area contributed by atoms with E-state index in [2.05, 4.69) is 20.7 Å². The van der Waals surface area contributed by atoms with Crippen molar-refractivity contribution in [1.82, 2.24) is 0 Å². The van der Waals surface area contributed by atoms with Crippen molar-refractivity contribution in [1.29, 1.82) is 0 Å². The third-order valence-corrected chi connectivity index (χ3v) is 4.23. The van der Waals surface area contributed by atoms with E-state index in [-0.39, 0.29) is 0 Å². The summed E-state index contributed by atoms with van der Waals surface area (Å²) in [5.74, 6) is 0. The Morgan fingerprint density at radius 3 is 2.86 bits per heavy atom. The summed E-state index contributed by atoms with van der Waals surface area (Å²) >= 11 is 3.30. The number of para-hydroxylation sites is 1. The number of nitrogens with one attached hydrogen (secondary N) is 1. The number of hydrogen-bond donors (Lipinski definition) is 1. The van der Waals surface area contributed by atoms with Crippen molar-refractivity contribution < 1.29 is 8.42 Å². The minimum atomic E-state index is -3.37. The normalized spacial score (nSPS) is 17.7. The molecule has 76 valence electrons. The van der Waals surface area contributed by atoms with Gasteiger partial charge < -0.3 is 0 Å². The Balaban J connectivity index is 2.65. The third kappa shape index (κ3) is 1.29. The number of nitrogens with zero attached hydrogens (tertiary/aromatic N) is 1. The van der Waals surface area contributed by atoms with Gasteiger partial charge in [-0.05, 0) is 35.0 Å². The maximum atomic E-state index is 11.6. The SMILES string of the molecule is CCN1c2cccc(Br)c2NS1(=O)=O. The van der Waals surface area contributed by atoms with Crippen LogP contribution in [-0.4, -0.2) is 15.0 Å². The molecule has 0 atom stereocenters. The van der Waals surface area contributed by atoms with Gasteiger partial charge in [0, 0.05) is 11.0 Å². The van der Waals surface area contributed by atoms with E-state index in [9.17, 15) is 8.42 Å². The lowest BCUT2D eigenvalue weighted by Gasteiger charge is -2.13. The molecule has 0 amide bonds. The Bertz CT molecular complexity index is 472. The number of fused-ring (bicyclic) bond motifs is 1. The summed E-state index contributed by atoms with van der Waals surface area (Å²) in [7, 11) is -3.37. The average molecular weight is 277 g/mol. The van der Waals surface area contributed by atoms with Gasteiger partial charge in [-0.1, -0.05) is 6.07 Å². The lowest BCUT2D eigenvalue weighted by molar-refractivity contribution is 0.599. The number of hydrogen-bond acceptors (Lipinski definition) is 2. The molecule has 2 rings (SSSR count). The number of anilines is 2. The fourth-order valence-corrected chi connectivity index (χ4v) is 3.40. The van der Waals surface area contributed by atoms with Crippen molar-refractivity contribution in [2.24, 2.45) is 0 Å². The van der Waals surface area contributed by atoms with E-state index in [0.29, 0.717) is 17.9 Å². The van der Waals surface area contributed by atoms with Crippen molar-refractivity contribution in [3.05, 3.63) is 22.7 Å². The van der Waals surface area contributed by atoms with Gasteiger partial charge in [-0.2, -0.15) is 8.42 Å². The van der Waals surface area contributed by atoms with Crippen molar-refractivity contribution >= 4 is 37.5 Å². The Hall–Kier alpha value is -0.750. The first kappa shape index (κ1) is 9.79. The molecule has 0 bridgehead atoms. The minimum Gasteiger partial charge on any atom is -0.263 e. The first-order chi connectivity index (χ1) is 6.56. The highest BCUT2D eigenvalue weighted by atomic mass is 79.9. The van der Waals surface area contributed by atoms with Crippen LogP contribution in [0.25, 0.3) is 0 Å². The lowest BCUT2D eigenvalue weighted by atomic mass is 10.3. The van der Waals surface area contributed by atoms with Crippen LogP contribution in [0, 0.1) is 0 Å². The molecular weight excluding hydrogens is 268 g/mol. The van der Waals surface area contributed by atoms with E-state index in [1.165, 1.54) is 4.31 Å². The molecule has 0 saturated carbocycles. The van der Waals surface area contributed by atoms with Gasteiger partial charge in [-0.15, -0.1) is 0 Å². The topological polar surface area (TPSA) is 49.4 Å². The number of halogens is 1. The molecule has 1 N–H and O–H groups in total. The van der Waals surface area contributed by atoms with Crippen LogP contribution in [0.2, 0.25) is 0 Å². The fraction of sp³-hybridized carbons (Fsp3) is 0.250. The van der Waals surface area contributed by atoms with Gasteiger partial charge in [0.15, 0.2) is 0 Å². The quantitative estimate of drug-likeness (QED) is 0.852. The summed E-state index contributed by atoms with van der Waals surface area (Å²) in [6.07, 6.45) is 0. The zero-order valence-electron chi connectivity index (χ0n) is 7.49. The predicted octanol–water partition coefficient (Wildman–Crippen LogP) is 1.95. The second kappa shape index (κ2) is 3.13. The molecule has 0 fully saturated rings. The van der Waals surface area contributed by atoms with Crippen LogP contribution in [0.15, 0.2) is 22.7 Å². The van der Waals surface area contributed by atoms with Gasteiger partial charge in [-0.3, -0.25) is 9.03 Å². The highest BCUT2D eigenvalue weighted by Crippen LogP contribution is 2.40. The van der Waals surface area contributed by atoms with Crippen molar-refractivity contribution in [3.8, 4) is 0 Å². The molecule has 1 heterocycles. The van der Waals surface area contributed by atoms with E-state index >= 15 is 0 Å². The Morgan fingerprint density at radius 2 is 2.21 bits per heavy atom. The van der Waals surface area contributed by atoms with Gasteiger partial charge in [0.2, 0.25) is 0 Å². The van der Waals surface area contributed by atoms with E-state index in [1.807, 2.05) is 6.07 Å². The summed E-state index contributed by atoms with van der Waals surface area (Å²) in [5, 5.41) is 0. The molecule has 0 aliphatic carbocycles. The first-order valence-electron chi connectivity index (χ1n) is 4.15. The van der Waals surface area contributed by atoms with Crippen molar-refractivity contribution in [3.63, 3.8) is 0 Å². The molecule has 0 unspecified atom stereocenters. The molecule has 14 heavy (non-hydrogen) atoms.